The van der Waals surface area contributed by atoms with Gasteiger partial charge in [-0.15, -0.1) is 0 Å². The molecule has 0 spiro atoms. The second-order valence-electron chi connectivity index (χ2n) is 7.97. The molecule has 0 aliphatic heterocycles. The number of aryl methyl sites for hydroxylation is 2. The molecule has 0 aliphatic carbocycles. The number of unbranched alkanes of at least 4 members (excludes halogenated alkanes) is 10. The van der Waals surface area contributed by atoms with E-state index in [1.54, 1.807) is 0 Å². The van der Waals surface area contributed by atoms with Gasteiger partial charge in [0.25, 0.3) is 7.82 Å². The fourth-order valence-corrected chi connectivity index (χ4v) is 3.70. The van der Waals surface area contributed by atoms with Gasteiger partial charge in [0.15, 0.2) is 0 Å². The van der Waals surface area contributed by atoms with Crippen LogP contribution in [0.2, 0.25) is 0 Å². The molecular weight excluding hydrogens is 399 g/mol. The molecule has 0 atom stereocenters. The van der Waals surface area contributed by atoms with E-state index in [-0.39, 0.29) is 13.2 Å². The number of imidazole rings is 1. The number of phosphoric acid groups is 1. The predicted octanol–water partition coefficient (Wildman–Crippen LogP) is 5.93. The molecule has 0 unspecified atom stereocenters. The molecule has 1 aromatic heterocycles. The Kier molecular flexibility index (Phi) is 19.8. The van der Waals surface area contributed by atoms with E-state index < -0.39 is 7.82 Å². The summed E-state index contributed by atoms with van der Waals surface area (Å²) in [5.74, 6) is 0. The maximum absolute atomic E-state index is 11.0. The van der Waals surface area contributed by atoms with E-state index in [4.69, 9.17) is 0 Å². The zero-order valence-electron chi connectivity index (χ0n) is 20.0. The molecule has 1 rings (SSSR count). The summed E-state index contributed by atoms with van der Waals surface area (Å²) in [5, 5.41) is 0. The fourth-order valence-electron chi connectivity index (χ4n) is 2.92. The second-order valence-corrected chi connectivity index (χ2v) is 9.38. The van der Waals surface area contributed by atoms with E-state index >= 15 is 0 Å². The Morgan fingerprint density at radius 1 is 0.800 bits per heavy atom. The van der Waals surface area contributed by atoms with Crippen molar-refractivity contribution in [1.29, 1.82) is 0 Å². The number of hydrogen-bond donors (Lipinski definition) is 0. The number of rotatable bonds is 18. The van der Waals surface area contributed by atoms with Crippen LogP contribution in [0.15, 0.2) is 18.7 Å². The monoisotopic (exact) mass is 446 g/mol. The molecule has 0 aliphatic rings. The van der Waals surface area contributed by atoms with Crippen LogP contribution >= 0.6 is 7.82 Å². The standard InChI is InChI=1S/C15H29N2.C8H19O4P/c1-3-4-5-6-7-8-9-10-11-12-17-14-13-16(2)15-17;1-3-5-7-11-13(9,10)12-8-6-4-2/h13-15H,3-12H2,1-2H3;3-8H2,1-2H3,(H,9,10)/q+1;/p-1. The van der Waals surface area contributed by atoms with Crippen LogP contribution in [0.1, 0.15) is 104 Å². The van der Waals surface area contributed by atoms with Crippen LogP contribution in [0, 0.1) is 0 Å². The lowest BCUT2D eigenvalue weighted by molar-refractivity contribution is -0.671. The summed E-state index contributed by atoms with van der Waals surface area (Å²) >= 11 is 0. The molecule has 0 radical (unpaired) electrons. The third-order valence-corrected chi connectivity index (χ3v) is 5.84. The van der Waals surface area contributed by atoms with Crippen molar-refractivity contribution in [2.24, 2.45) is 7.05 Å². The largest absolute Gasteiger partial charge is 0.756 e. The van der Waals surface area contributed by atoms with Crippen LogP contribution in [0.4, 0.5) is 0 Å². The molecule has 0 N–H and O–H groups in total. The molecule has 1 aromatic rings. The van der Waals surface area contributed by atoms with Gasteiger partial charge in [-0.3, -0.25) is 4.57 Å². The predicted molar refractivity (Wildman–Crippen MR) is 122 cm³/mol. The quantitative estimate of drug-likeness (QED) is 0.159. The van der Waals surface area contributed by atoms with E-state index in [1.807, 2.05) is 13.8 Å². The van der Waals surface area contributed by atoms with Crippen molar-refractivity contribution < 1.29 is 23.1 Å². The third-order valence-electron chi connectivity index (χ3n) is 4.84. The highest BCUT2D eigenvalue weighted by atomic mass is 31.2. The van der Waals surface area contributed by atoms with Gasteiger partial charge >= 0.3 is 0 Å². The molecule has 7 heteroatoms. The van der Waals surface area contributed by atoms with E-state index in [2.05, 4.69) is 50.9 Å². The highest BCUT2D eigenvalue weighted by Gasteiger charge is 2.07. The highest BCUT2D eigenvalue weighted by Crippen LogP contribution is 2.38. The van der Waals surface area contributed by atoms with Crippen molar-refractivity contribution in [3.63, 3.8) is 0 Å². The normalized spacial score (nSPS) is 11.4. The minimum Gasteiger partial charge on any atom is -0.756 e. The summed E-state index contributed by atoms with van der Waals surface area (Å²) in [7, 11) is -1.93. The Bertz CT molecular complexity index is 523. The van der Waals surface area contributed by atoms with Crippen molar-refractivity contribution in [3.05, 3.63) is 18.7 Å². The lowest BCUT2D eigenvalue weighted by Crippen LogP contribution is -2.23. The lowest BCUT2D eigenvalue weighted by atomic mass is 10.1. The first-order chi connectivity index (χ1) is 14.4. The SMILES string of the molecule is CCCCCCCCCCCn1cc[n+](C)c1.CCCCOP(=O)([O-])OCCCC. The average Bonchev–Trinajstić information content (AvgIpc) is 3.12. The van der Waals surface area contributed by atoms with E-state index in [1.165, 1.54) is 64.3 Å². The van der Waals surface area contributed by atoms with Crippen molar-refractivity contribution in [1.82, 2.24) is 4.57 Å². The zero-order valence-corrected chi connectivity index (χ0v) is 20.9. The van der Waals surface area contributed by atoms with E-state index in [0.717, 1.165) is 25.7 Å². The Balaban J connectivity index is 0.000000584. The minimum atomic E-state index is -4.00. The molecule has 6 nitrogen and oxygen atoms in total. The minimum absolute atomic E-state index is 0.226. The average molecular weight is 447 g/mol. The van der Waals surface area contributed by atoms with Crippen LogP contribution in [0.25, 0.3) is 0 Å². The zero-order chi connectivity index (χ0) is 22.5. The van der Waals surface area contributed by atoms with Crippen LogP contribution in [0.5, 0.6) is 0 Å². The molecule has 0 bridgehead atoms. The molecule has 1 heterocycles. The van der Waals surface area contributed by atoms with Gasteiger partial charge < -0.3 is 13.9 Å². The molecule has 0 saturated carbocycles. The first kappa shape index (κ1) is 29.3. The Hall–Kier alpha value is -0.680. The highest BCUT2D eigenvalue weighted by molar-refractivity contribution is 7.45. The summed E-state index contributed by atoms with van der Waals surface area (Å²) < 4.78 is 24.5. The smallest absolute Gasteiger partial charge is 0.267 e. The van der Waals surface area contributed by atoms with Gasteiger partial charge in [0, 0.05) is 0 Å². The second kappa shape index (κ2) is 20.2. The van der Waals surface area contributed by atoms with Gasteiger partial charge in [-0.25, -0.2) is 9.13 Å². The fraction of sp³-hybridized carbons (Fsp3) is 0.870. The summed E-state index contributed by atoms with van der Waals surface area (Å²) in [6, 6.07) is 0. The summed E-state index contributed by atoms with van der Waals surface area (Å²) in [6.07, 6.45) is 22.4. The molecule has 30 heavy (non-hydrogen) atoms. The Morgan fingerprint density at radius 3 is 1.70 bits per heavy atom. The Labute approximate surface area is 185 Å². The molecule has 0 saturated heterocycles. The van der Waals surface area contributed by atoms with Crippen molar-refractivity contribution >= 4 is 7.82 Å². The van der Waals surface area contributed by atoms with Gasteiger partial charge in [0.1, 0.15) is 12.4 Å². The number of hydrogen-bond acceptors (Lipinski definition) is 4. The first-order valence-corrected chi connectivity index (χ1v) is 13.5. The topological polar surface area (TPSA) is 67.4 Å². The van der Waals surface area contributed by atoms with E-state index in [0.29, 0.717) is 0 Å². The summed E-state index contributed by atoms with van der Waals surface area (Å²) in [4.78, 5) is 11.0. The molecule has 0 fully saturated rings. The summed E-state index contributed by atoms with van der Waals surface area (Å²) in [5.41, 5.74) is 0. The molecule has 0 amide bonds. The van der Waals surface area contributed by atoms with Gasteiger partial charge in [-0.1, -0.05) is 78.6 Å². The van der Waals surface area contributed by atoms with Crippen molar-refractivity contribution in [2.75, 3.05) is 13.2 Å². The number of phosphoric ester groups is 1. The number of nitrogens with zero attached hydrogens (tertiary/aromatic N) is 2. The van der Waals surface area contributed by atoms with Gasteiger partial charge in [0.05, 0.1) is 26.8 Å². The third kappa shape index (κ3) is 19.3. The van der Waals surface area contributed by atoms with Gasteiger partial charge in [-0.2, -0.15) is 0 Å². The van der Waals surface area contributed by atoms with Crippen LogP contribution in [0.3, 0.4) is 0 Å². The number of aromatic nitrogens is 2. The van der Waals surface area contributed by atoms with Crippen LogP contribution in [-0.2, 0) is 27.2 Å². The van der Waals surface area contributed by atoms with Crippen LogP contribution < -0.4 is 9.46 Å². The maximum atomic E-state index is 11.0. The van der Waals surface area contributed by atoms with Crippen molar-refractivity contribution in [2.45, 2.75) is 111 Å². The van der Waals surface area contributed by atoms with Gasteiger partial charge in [0.2, 0.25) is 6.33 Å². The molecule has 0 aromatic carbocycles. The molecular formula is C23H47N2O4P. The van der Waals surface area contributed by atoms with Gasteiger partial charge in [-0.05, 0) is 25.7 Å². The lowest BCUT2D eigenvalue weighted by Gasteiger charge is -2.22. The first-order valence-electron chi connectivity index (χ1n) is 12.1. The molecule has 178 valence electrons. The van der Waals surface area contributed by atoms with Crippen molar-refractivity contribution in [3.8, 4) is 0 Å². The van der Waals surface area contributed by atoms with Crippen LogP contribution in [-0.4, -0.2) is 17.8 Å². The van der Waals surface area contributed by atoms with E-state index in [9.17, 15) is 9.46 Å². The Morgan fingerprint density at radius 2 is 1.27 bits per heavy atom. The maximum Gasteiger partial charge on any atom is 0.267 e. The summed E-state index contributed by atoms with van der Waals surface area (Å²) in [6.45, 7) is 7.85.